The first-order valence-corrected chi connectivity index (χ1v) is 6.14. The zero-order chi connectivity index (χ0) is 13.3. The van der Waals surface area contributed by atoms with E-state index in [1.165, 1.54) is 0 Å². The van der Waals surface area contributed by atoms with E-state index in [1.807, 2.05) is 56.5 Å². The number of nitrogens with zero attached hydrogens (tertiary/aromatic N) is 2. The Morgan fingerprint density at radius 3 is 2.61 bits per heavy atom. The summed E-state index contributed by atoms with van der Waals surface area (Å²) in [5.74, 6) is 0.598. The van der Waals surface area contributed by atoms with Crippen LogP contribution in [0.3, 0.4) is 0 Å². The Balaban J connectivity index is 2.41. The summed E-state index contributed by atoms with van der Waals surface area (Å²) < 4.78 is 7.17. The molecule has 0 aliphatic carbocycles. The van der Waals surface area contributed by atoms with Crippen LogP contribution in [0.4, 0.5) is 0 Å². The average molecular weight is 246 g/mol. The summed E-state index contributed by atoms with van der Waals surface area (Å²) >= 11 is 0. The van der Waals surface area contributed by atoms with Crippen molar-refractivity contribution in [2.75, 3.05) is 0 Å². The molecule has 96 valence electrons. The second-order valence-electron chi connectivity index (χ2n) is 4.68. The number of esters is 1. The third-order valence-corrected chi connectivity index (χ3v) is 2.85. The van der Waals surface area contributed by atoms with Crippen LogP contribution in [-0.2, 0) is 9.53 Å². The van der Waals surface area contributed by atoms with Gasteiger partial charge in [-0.15, -0.1) is 0 Å². The monoisotopic (exact) mass is 246 g/mol. The molecule has 1 heterocycles. The maximum atomic E-state index is 12.0. The number of ether oxygens (including phenoxy) is 1. The molecule has 2 aromatic rings. The van der Waals surface area contributed by atoms with Crippen LogP contribution in [0.25, 0.3) is 11.0 Å². The Bertz CT molecular complexity index is 572. The van der Waals surface area contributed by atoms with Crippen LogP contribution >= 0.6 is 0 Å². The van der Waals surface area contributed by atoms with Crippen molar-refractivity contribution in [3.63, 3.8) is 0 Å². The van der Waals surface area contributed by atoms with Crippen LogP contribution in [0.1, 0.15) is 32.6 Å². The smallest absolute Gasteiger partial charge is 0.329 e. The number of hydrogen-bond donors (Lipinski definition) is 0. The number of imidazole rings is 1. The highest BCUT2D eigenvalue weighted by atomic mass is 16.5. The molecule has 1 aromatic heterocycles. The molecule has 0 amide bonds. The maximum Gasteiger partial charge on any atom is 0.329 e. The topological polar surface area (TPSA) is 44.1 Å². The van der Waals surface area contributed by atoms with Gasteiger partial charge in [0.2, 0.25) is 0 Å². The van der Waals surface area contributed by atoms with Crippen LogP contribution in [0.15, 0.2) is 24.3 Å². The number of hydrogen-bond acceptors (Lipinski definition) is 3. The minimum Gasteiger partial charge on any atom is -0.461 e. The van der Waals surface area contributed by atoms with Gasteiger partial charge in [-0.2, -0.15) is 0 Å². The van der Waals surface area contributed by atoms with Gasteiger partial charge < -0.3 is 9.30 Å². The fourth-order valence-corrected chi connectivity index (χ4v) is 2.09. The largest absolute Gasteiger partial charge is 0.461 e. The third kappa shape index (κ3) is 2.23. The lowest BCUT2D eigenvalue weighted by molar-refractivity contribution is -0.150. The van der Waals surface area contributed by atoms with E-state index < -0.39 is 0 Å². The fourth-order valence-electron chi connectivity index (χ4n) is 2.09. The molecule has 1 aromatic carbocycles. The number of fused-ring (bicyclic) bond motifs is 1. The molecular formula is C14H18N2O2. The van der Waals surface area contributed by atoms with Crippen LogP contribution in [0.5, 0.6) is 0 Å². The lowest BCUT2D eigenvalue weighted by Gasteiger charge is -2.17. The molecule has 0 bridgehead atoms. The summed E-state index contributed by atoms with van der Waals surface area (Å²) in [7, 11) is 0. The molecule has 18 heavy (non-hydrogen) atoms. The summed E-state index contributed by atoms with van der Waals surface area (Å²) in [5, 5.41) is 0. The lowest BCUT2D eigenvalue weighted by atomic mass is 10.2. The van der Waals surface area contributed by atoms with E-state index in [0.717, 1.165) is 16.9 Å². The summed E-state index contributed by atoms with van der Waals surface area (Å²) in [6, 6.07) is 7.43. The van der Waals surface area contributed by atoms with Crippen molar-refractivity contribution in [2.24, 2.45) is 0 Å². The Kier molecular flexibility index (Phi) is 3.36. The van der Waals surface area contributed by atoms with Gasteiger partial charge in [0.25, 0.3) is 0 Å². The Hall–Kier alpha value is -1.84. The summed E-state index contributed by atoms with van der Waals surface area (Å²) in [5.41, 5.74) is 1.86. The average Bonchev–Trinajstić information content (AvgIpc) is 2.63. The Morgan fingerprint density at radius 2 is 1.94 bits per heavy atom. The highest BCUT2D eigenvalue weighted by molar-refractivity contribution is 5.81. The number of aromatic nitrogens is 2. The number of benzene rings is 1. The van der Waals surface area contributed by atoms with Crippen LogP contribution < -0.4 is 0 Å². The van der Waals surface area contributed by atoms with E-state index in [4.69, 9.17) is 4.74 Å². The second kappa shape index (κ2) is 4.80. The zero-order valence-electron chi connectivity index (χ0n) is 11.2. The predicted molar refractivity (Wildman–Crippen MR) is 70.4 cm³/mol. The highest BCUT2D eigenvalue weighted by Gasteiger charge is 2.21. The highest BCUT2D eigenvalue weighted by Crippen LogP contribution is 2.21. The van der Waals surface area contributed by atoms with Crippen molar-refractivity contribution in [1.82, 2.24) is 9.55 Å². The SMILES string of the molecule is Cc1nc2ccccc2n1C(C)C(=O)OC(C)C. The van der Waals surface area contributed by atoms with Crippen molar-refractivity contribution in [3.05, 3.63) is 30.1 Å². The van der Waals surface area contributed by atoms with E-state index in [9.17, 15) is 4.79 Å². The lowest BCUT2D eigenvalue weighted by Crippen LogP contribution is -2.22. The van der Waals surface area contributed by atoms with E-state index in [-0.39, 0.29) is 18.1 Å². The molecular weight excluding hydrogens is 228 g/mol. The quantitative estimate of drug-likeness (QED) is 0.782. The number of rotatable bonds is 3. The molecule has 1 unspecified atom stereocenters. The van der Waals surface area contributed by atoms with Gasteiger partial charge in [-0.05, 0) is 39.8 Å². The molecule has 4 nitrogen and oxygen atoms in total. The molecule has 4 heteroatoms. The number of aryl methyl sites for hydroxylation is 1. The van der Waals surface area contributed by atoms with Gasteiger partial charge in [-0.3, -0.25) is 0 Å². The number of para-hydroxylation sites is 2. The first-order chi connectivity index (χ1) is 8.50. The van der Waals surface area contributed by atoms with E-state index in [0.29, 0.717) is 0 Å². The van der Waals surface area contributed by atoms with Crippen molar-refractivity contribution < 1.29 is 9.53 Å². The Labute approximate surface area is 107 Å². The van der Waals surface area contributed by atoms with Gasteiger partial charge in [0.1, 0.15) is 11.9 Å². The van der Waals surface area contributed by atoms with E-state index >= 15 is 0 Å². The van der Waals surface area contributed by atoms with E-state index in [1.54, 1.807) is 0 Å². The van der Waals surface area contributed by atoms with Gasteiger partial charge in [0, 0.05) is 0 Å². The van der Waals surface area contributed by atoms with Crippen LogP contribution in [0.2, 0.25) is 0 Å². The molecule has 0 spiro atoms. The zero-order valence-corrected chi connectivity index (χ0v) is 11.2. The minimum atomic E-state index is -0.361. The summed E-state index contributed by atoms with van der Waals surface area (Å²) in [6.07, 6.45) is -0.102. The van der Waals surface area contributed by atoms with Crippen molar-refractivity contribution in [1.29, 1.82) is 0 Å². The Morgan fingerprint density at radius 1 is 1.28 bits per heavy atom. The molecule has 0 aliphatic rings. The van der Waals surface area contributed by atoms with Crippen molar-refractivity contribution in [3.8, 4) is 0 Å². The number of carbonyl (C=O) groups excluding carboxylic acids is 1. The fraction of sp³-hybridized carbons (Fsp3) is 0.429. The van der Waals surface area contributed by atoms with Crippen molar-refractivity contribution >= 4 is 17.0 Å². The number of carbonyl (C=O) groups is 1. The maximum absolute atomic E-state index is 12.0. The van der Waals surface area contributed by atoms with Gasteiger partial charge in [-0.1, -0.05) is 12.1 Å². The van der Waals surface area contributed by atoms with Gasteiger partial charge in [0.15, 0.2) is 0 Å². The summed E-state index contributed by atoms with van der Waals surface area (Å²) in [4.78, 5) is 16.4. The van der Waals surface area contributed by atoms with Gasteiger partial charge >= 0.3 is 5.97 Å². The minimum absolute atomic E-state index is 0.102. The molecule has 0 saturated carbocycles. The summed E-state index contributed by atoms with van der Waals surface area (Å²) in [6.45, 7) is 7.44. The first kappa shape index (κ1) is 12.6. The molecule has 0 aliphatic heterocycles. The molecule has 0 fully saturated rings. The molecule has 0 saturated heterocycles. The van der Waals surface area contributed by atoms with Crippen molar-refractivity contribution in [2.45, 2.75) is 39.8 Å². The molecule has 2 rings (SSSR count). The third-order valence-electron chi connectivity index (χ3n) is 2.85. The molecule has 1 atom stereocenters. The molecule has 0 radical (unpaired) electrons. The first-order valence-electron chi connectivity index (χ1n) is 6.14. The van der Waals surface area contributed by atoms with E-state index in [2.05, 4.69) is 4.98 Å². The predicted octanol–water partition coefficient (Wildman–Crippen LogP) is 2.86. The standard InChI is InChI=1S/C14H18N2O2/c1-9(2)18-14(17)10(3)16-11(4)15-12-7-5-6-8-13(12)16/h5-10H,1-4H3. The van der Waals surface area contributed by atoms with Crippen LogP contribution in [-0.4, -0.2) is 21.6 Å². The van der Waals surface area contributed by atoms with Gasteiger partial charge in [-0.25, -0.2) is 9.78 Å². The normalized spacial score (nSPS) is 12.9. The van der Waals surface area contributed by atoms with Gasteiger partial charge in [0.05, 0.1) is 17.1 Å². The molecule has 0 N–H and O–H groups in total. The second-order valence-corrected chi connectivity index (χ2v) is 4.68. The van der Waals surface area contributed by atoms with Crippen LogP contribution in [0, 0.1) is 6.92 Å².